The van der Waals surface area contributed by atoms with E-state index in [0.717, 1.165) is 24.8 Å². The molecule has 1 heterocycles. The molecule has 0 bridgehead atoms. The van der Waals surface area contributed by atoms with Gasteiger partial charge in [0.1, 0.15) is 6.29 Å². The van der Waals surface area contributed by atoms with Crippen molar-refractivity contribution in [2.24, 2.45) is 0 Å². The average Bonchev–Trinajstić information content (AvgIpc) is 2.76. The van der Waals surface area contributed by atoms with Gasteiger partial charge < -0.3 is 5.32 Å². The van der Waals surface area contributed by atoms with Crippen molar-refractivity contribution in [3.05, 3.63) is 34.4 Å². The first-order valence-corrected chi connectivity index (χ1v) is 5.99. The van der Waals surface area contributed by atoms with Gasteiger partial charge in [0.25, 0.3) is 0 Å². The maximum absolute atomic E-state index is 11.0. The van der Waals surface area contributed by atoms with E-state index in [4.69, 9.17) is 0 Å². The summed E-state index contributed by atoms with van der Waals surface area (Å²) in [6.45, 7) is 5.28. The first-order valence-electron chi connectivity index (χ1n) is 5.99. The summed E-state index contributed by atoms with van der Waals surface area (Å²) in [4.78, 5) is 11.0. The van der Waals surface area contributed by atoms with E-state index in [-0.39, 0.29) is 0 Å². The molecule has 1 fully saturated rings. The Hall–Kier alpha value is -1.15. The molecule has 1 unspecified atom stereocenters. The summed E-state index contributed by atoms with van der Waals surface area (Å²) >= 11 is 0. The van der Waals surface area contributed by atoms with Crippen molar-refractivity contribution >= 4 is 6.29 Å². The van der Waals surface area contributed by atoms with E-state index in [0.29, 0.717) is 6.04 Å². The smallest absolute Gasteiger partial charge is 0.150 e. The van der Waals surface area contributed by atoms with Crippen LogP contribution in [0.3, 0.4) is 0 Å². The van der Waals surface area contributed by atoms with Crippen LogP contribution in [0.2, 0.25) is 0 Å². The van der Waals surface area contributed by atoms with Gasteiger partial charge in [0.15, 0.2) is 0 Å². The molecular weight excluding hydrogens is 198 g/mol. The third-order valence-electron chi connectivity index (χ3n) is 3.51. The summed E-state index contributed by atoms with van der Waals surface area (Å²) < 4.78 is 0. The molecule has 1 aliphatic heterocycles. The van der Waals surface area contributed by atoms with Gasteiger partial charge >= 0.3 is 0 Å². The van der Waals surface area contributed by atoms with Crippen molar-refractivity contribution in [1.29, 1.82) is 0 Å². The summed E-state index contributed by atoms with van der Waals surface area (Å²) in [5.74, 6) is 0. The summed E-state index contributed by atoms with van der Waals surface area (Å²) in [5, 5.41) is 3.47. The Bertz CT molecular complexity index is 392. The van der Waals surface area contributed by atoms with Gasteiger partial charge in [-0.1, -0.05) is 6.07 Å². The molecular formula is C14H19NO. The van der Waals surface area contributed by atoms with Gasteiger partial charge in [-0.25, -0.2) is 0 Å². The van der Waals surface area contributed by atoms with E-state index in [1.165, 1.54) is 29.5 Å². The van der Waals surface area contributed by atoms with E-state index in [9.17, 15) is 4.79 Å². The van der Waals surface area contributed by atoms with Gasteiger partial charge in [0.2, 0.25) is 0 Å². The molecule has 2 nitrogen and oxygen atoms in total. The highest BCUT2D eigenvalue weighted by atomic mass is 16.1. The zero-order chi connectivity index (χ0) is 11.5. The Morgan fingerprint density at radius 1 is 1.38 bits per heavy atom. The molecule has 0 radical (unpaired) electrons. The van der Waals surface area contributed by atoms with E-state index in [1.807, 2.05) is 6.07 Å². The third kappa shape index (κ3) is 2.33. The molecule has 2 heteroatoms. The minimum absolute atomic E-state index is 0.556. The highest BCUT2D eigenvalue weighted by Gasteiger charge is 2.16. The fourth-order valence-electron chi connectivity index (χ4n) is 2.38. The summed E-state index contributed by atoms with van der Waals surface area (Å²) in [6, 6.07) is 4.73. The monoisotopic (exact) mass is 217 g/mol. The Kier molecular flexibility index (Phi) is 3.39. The minimum atomic E-state index is 0.556. The van der Waals surface area contributed by atoms with Crippen LogP contribution in [-0.4, -0.2) is 18.9 Å². The van der Waals surface area contributed by atoms with Crippen LogP contribution >= 0.6 is 0 Å². The molecule has 0 aliphatic carbocycles. The van der Waals surface area contributed by atoms with Crippen molar-refractivity contribution in [3.8, 4) is 0 Å². The molecule has 0 aromatic heterocycles. The van der Waals surface area contributed by atoms with Crippen molar-refractivity contribution < 1.29 is 4.79 Å². The Labute approximate surface area is 97.1 Å². The number of aldehydes is 1. The van der Waals surface area contributed by atoms with Gasteiger partial charge in [-0.15, -0.1) is 0 Å². The number of hydrogen-bond acceptors (Lipinski definition) is 2. The average molecular weight is 217 g/mol. The number of aryl methyl sites for hydroxylation is 2. The quantitative estimate of drug-likeness (QED) is 0.788. The molecule has 1 aromatic rings. The largest absolute Gasteiger partial charge is 0.314 e. The van der Waals surface area contributed by atoms with Crippen molar-refractivity contribution in [2.75, 3.05) is 6.54 Å². The van der Waals surface area contributed by atoms with Crippen LogP contribution in [0.15, 0.2) is 12.1 Å². The fraction of sp³-hybridized carbons (Fsp3) is 0.500. The van der Waals surface area contributed by atoms with Crippen LogP contribution in [0.1, 0.15) is 39.9 Å². The second-order valence-electron chi connectivity index (χ2n) is 4.75. The lowest BCUT2D eigenvalue weighted by molar-refractivity contribution is 0.112. The van der Waals surface area contributed by atoms with Crippen LogP contribution in [-0.2, 0) is 6.42 Å². The Balaban J connectivity index is 2.24. The zero-order valence-corrected chi connectivity index (χ0v) is 10.0. The topological polar surface area (TPSA) is 29.1 Å². The highest BCUT2D eigenvalue weighted by Crippen LogP contribution is 2.19. The standard InChI is InChI=1S/C14H19NO/c1-10-6-12(8-14-4-3-5-15-14)13(9-16)7-11(10)2/h6-7,9,14-15H,3-5,8H2,1-2H3. The van der Waals surface area contributed by atoms with Gasteiger partial charge in [0.05, 0.1) is 0 Å². The predicted octanol–water partition coefficient (Wildman–Crippen LogP) is 2.41. The molecule has 1 atom stereocenters. The van der Waals surface area contributed by atoms with Crippen LogP contribution in [0.25, 0.3) is 0 Å². The lowest BCUT2D eigenvalue weighted by Crippen LogP contribution is -2.24. The predicted molar refractivity (Wildman–Crippen MR) is 66.0 cm³/mol. The number of rotatable bonds is 3. The second-order valence-corrected chi connectivity index (χ2v) is 4.75. The van der Waals surface area contributed by atoms with Crippen LogP contribution in [0, 0.1) is 13.8 Å². The van der Waals surface area contributed by atoms with E-state index in [2.05, 4.69) is 25.2 Å². The van der Waals surface area contributed by atoms with Gasteiger partial charge in [-0.3, -0.25) is 4.79 Å². The fourth-order valence-corrected chi connectivity index (χ4v) is 2.38. The number of hydrogen-bond donors (Lipinski definition) is 1. The third-order valence-corrected chi connectivity index (χ3v) is 3.51. The van der Waals surface area contributed by atoms with Crippen molar-refractivity contribution in [3.63, 3.8) is 0 Å². The summed E-state index contributed by atoms with van der Waals surface area (Å²) in [7, 11) is 0. The molecule has 1 aromatic carbocycles. The summed E-state index contributed by atoms with van der Waals surface area (Å²) in [5.41, 5.74) is 4.53. The maximum Gasteiger partial charge on any atom is 0.150 e. The lowest BCUT2D eigenvalue weighted by Gasteiger charge is -2.13. The van der Waals surface area contributed by atoms with Gasteiger partial charge in [0, 0.05) is 11.6 Å². The molecule has 1 saturated heterocycles. The van der Waals surface area contributed by atoms with E-state index >= 15 is 0 Å². The lowest BCUT2D eigenvalue weighted by atomic mass is 9.95. The molecule has 86 valence electrons. The van der Waals surface area contributed by atoms with Crippen LogP contribution < -0.4 is 5.32 Å². The van der Waals surface area contributed by atoms with Crippen LogP contribution in [0.5, 0.6) is 0 Å². The van der Waals surface area contributed by atoms with Gasteiger partial charge in [-0.05, 0) is 62.4 Å². The molecule has 0 saturated carbocycles. The molecule has 0 spiro atoms. The zero-order valence-electron chi connectivity index (χ0n) is 10.0. The first kappa shape index (κ1) is 11.3. The molecule has 2 rings (SSSR count). The van der Waals surface area contributed by atoms with Crippen LogP contribution in [0.4, 0.5) is 0 Å². The minimum Gasteiger partial charge on any atom is -0.314 e. The molecule has 1 N–H and O–H groups in total. The number of benzene rings is 1. The first-order chi connectivity index (χ1) is 7.70. The Morgan fingerprint density at radius 3 is 2.75 bits per heavy atom. The van der Waals surface area contributed by atoms with Gasteiger partial charge in [-0.2, -0.15) is 0 Å². The van der Waals surface area contributed by atoms with E-state index in [1.54, 1.807) is 0 Å². The maximum atomic E-state index is 11.0. The number of nitrogens with one attached hydrogen (secondary N) is 1. The molecule has 1 aliphatic rings. The highest BCUT2D eigenvalue weighted by molar-refractivity contribution is 5.78. The van der Waals surface area contributed by atoms with Crippen molar-refractivity contribution in [1.82, 2.24) is 5.32 Å². The molecule has 16 heavy (non-hydrogen) atoms. The second kappa shape index (κ2) is 4.79. The number of carbonyl (C=O) groups is 1. The summed E-state index contributed by atoms with van der Waals surface area (Å²) in [6.07, 6.45) is 4.45. The number of carbonyl (C=O) groups excluding carboxylic acids is 1. The van der Waals surface area contributed by atoms with E-state index < -0.39 is 0 Å². The molecule has 0 amide bonds. The Morgan fingerprint density at radius 2 is 2.12 bits per heavy atom. The van der Waals surface area contributed by atoms with Crippen molar-refractivity contribution in [2.45, 2.75) is 39.2 Å². The normalized spacial score (nSPS) is 20.0. The SMILES string of the molecule is Cc1cc(C=O)c(CC2CCCN2)cc1C.